The molecule has 0 spiro atoms. The van der Waals surface area contributed by atoms with Crippen LogP contribution in [0.2, 0.25) is 0 Å². The lowest BCUT2D eigenvalue weighted by Gasteiger charge is -2.15. The van der Waals surface area contributed by atoms with Gasteiger partial charge in [0.2, 0.25) is 10.0 Å². The van der Waals surface area contributed by atoms with Crippen molar-refractivity contribution in [2.45, 2.75) is 24.7 Å². The van der Waals surface area contributed by atoms with Crippen molar-refractivity contribution < 1.29 is 23.1 Å². The van der Waals surface area contributed by atoms with Crippen molar-refractivity contribution in [3.05, 3.63) is 59.7 Å². The summed E-state index contributed by atoms with van der Waals surface area (Å²) in [4.78, 5) is 12.6. The van der Waals surface area contributed by atoms with Crippen LogP contribution >= 0.6 is 0 Å². The van der Waals surface area contributed by atoms with Crippen LogP contribution in [0, 0.1) is 0 Å². The molecule has 0 amide bonds. The molecule has 1 saturated heterocycles. The molecule has 0 radical (unpaired) electrons. The number of phenols is 1. The lowest BCUT2D eigenvalue weighted by molar-refractivity contribution is 0.104. The first-order chi connectivity index (χ1) is 13.4. The van der Waals surface area contributed by atoms with E-state index < -0.39 is 10.0 Å². The normalized spacial score (nSPS) is 15.2. The third-order valence-corrected chi connectivity index (χ3v) is 6.47. The van der Waals surface area contributed by atoms with Crippen LogP contribution < -0.4 is 4.74 Å². The number of allylic oxidation sites excluding steroid dienone is 1. The monoisotopic (exact) mass is 401 g/mol. The number of ether oxygens (including phenoxy) is 1. The first kappa shape index (κ1) is 20.1. The van der Waals surface area contributed by atoms with Gasteiger partial charge in [-0.05, 0) is 67.8 Å². The average Bonchev–Trinajstić information content (AvgIpc) is 3.24. The van der Waals surface area contributed by atoms with E-state index in [-0.39, 0.29) is 16.4 Å². The molecular formula is C21H23NO5S. The Bertz CT molecular complexity index is 974. The second-order valence-corrected chi connectivity index (χ2v) is 8.43. The van der Waals surface area contributed by atoms with Crippen LogP contribution in [0.15, 0.2) is 53.4 Å². The number of rotatable bonds is 7. The van der Waals surface area contributed by atoms with E-state index in [9.17, 15) is 18.3 Å². The van der Waals surface area contributed by atoms with E-state index >= 15 is 0 Å². The van der Waals surface area contributed by atoms with Gasteiger partial charge in [-0.15, -0.1) is 0 Å². The molecular weight excluding hydrogens is 378 g/mol. The van der Waals surface area contributed by atoms with E-state index in [2.05, 4.69) is 0 Å². The van der Waals surface area contributed by atoms with E-state index in [4.69, 9.17) is 4.74 Å². The Morgan fingerprint density at radius 3 is 2.46 bits per heavy atom. The van der Waals surface area contributed by atoms with Gasteiger partial charge in [-0.1, -0.05) is 12.1 Å². The molecule has 0 unspecified atom stereocenters. The first-order valence-electron chi connectivity index (χ1n) is 9.20. The van der Waals surface area contributed by atoms with Crippen molar-refractivity contribution in [1.29, 1.82) is 0 Å². The predicted molar refractivity (Wildman–Crippen MR) is 107 cm³/mol. The number of nitrogens with zero attached hydrogens (tertiary/aromatic N) is 1. The predicted octanol–water partition coefficient (Wildman–Crippen LogP) is 3.47. The van der Waals surface area contributed by atoms with Gasteiger partial charge in [0.05, 0.1) is 11.5 Å². The average molecular weight is 401 g/mol. The van der Waals surface area contributed by atoms with Gasteiger partial charge in [0.15, 0.2) is 17.3 Å². The van der Waals surface area contributed by atoms with Crippen LogP contribution in [0.25, 0.3) is 6.08 Å². The second-order valence-electron chi connectivity index (χ2n) is 6.49. The Morgan fingerprint density at radius 2 is 1.82 bits per heavy atom. The summed E-state index contributed by atoms with van der Waals surface area (Å²) in [6.45, 7) is 3.33. The van der Waals surface area contributed by atoms with E-state index in [0.717, 1.165) is 12.8 Å². The summed E-state index contributed by atoms with van der Waals surface area (Å²) in [5.74, 6) is 0.157. The van der Waals surface area contributed by atoms with Gasteiger partial charge in [-0.25, -0.2) is 8.42 Å². The lowest BCUT2D eigenvalue weighted by atomic mass is 10.1. The highest BCUT2D eigenvalue weighted by Crippen LogP contribution is 2.27. The largest absolute Gasteiger partial charge is 0.504 e. The Balaban J connectivity index is 1.73. The number of hydrogen-bond acceptors (Lipinski definition) is 5. The topological polar surface area (TPSA) is 83.9 Å². The van der Waals surface area contributed by atoms with Crippen molar-refractivity contribution in [2.75, 3.05) is 19.7 Å². The molecule has 1 fully saturated rings. The minimum absolute atomic E-state index is 0.0418. The molecule has 0 bridgehead atoms. The number of aromatic hydroxyl groups is 1. The molecule has 2 aromatic carbocycles. The third kappa shape index (κ3) is 4.43. The van der Waals surface area contributed by atoms with E-state index in [1.807, 2.05) is 6.92 Å². The first-order valence-corrected chi connectivity index (χ1v) is 10.6. The number of carbonyl (C=O) groups is 1. The highest BCUT2D eigenvalue weighted by atomic mass is 32.2. The van der Waals surface area contributed by atoms with Crippen molar-refractivity contribution in [2.24, 2.45) is 0 Å². The highest BCUT2D eigenvalue weighted by Gasteiger charge is 2.27. The summed E-state index contributed by atoms with van der Waals surface area (Å²) in [5, 5.41) is 9.72. The maximum atomic E-state index is 12.5. The fourth-order valence-corrected chi connectivity index (χ4v) is 4.56. The van der Waals surface area contributed by atoms with Crippen LogP contribution in [0.5, 0.6) is 11.5 Å². The molecule has 1 aliphatic heterocycles. The zero-order chi connectivity index (χ0) is 20.1. The second kappa shape index (κ2) is 8.58. The quantitative estimate of drug-likeness (QED) is 0.567. The maximum Gasteiger partial charge on any atom is 0.243 e. The van der Waals surface area contributed by atoms with Crippen molar-refractivity contribution in [3.63, 3.8) is 0 Å². The molecule has 148 valence electrons. The van der Waals surface area contributed by atoms with Gasteiger partial charge < -0.3 is 9.84 Å². The summed E-state index contributed by atoms with van der Waals surface area (Å²) in [6, 6.07) is 10.8. The Labute approximate surface area is 165 Å². The fourth-order valence-electron chi connectivity index (χ4n) is 3.04. The van der Waals surface area contributed by atoms with Gasteiger partial charge >= 0.3 is 0 Å². The molecule has 28 heavy (non-hydrogen) atoms. The lowest BCUT2D eigenvalue weighted by Crippen LogP contribution is -2.27. The highest BCUT2D eigenvalue weighted by molar-refractivity contribution is 7.89. The van der Waals surface area contributed by atoms with Crippen LogP contribution in [-0.2, 0) is 10.0 Å². The SMILES string of the molecule is CCOc1cc(C=CC(=O)c2ccc(S(=O)(=O)N3CCCC3)cc2)ccc1O. The summed E-state index contributed by atoms with van der Waals surface area (Å²) >= 11 is 0. The number of phenolic OH excluding ortho intramolecular Hbond substituents is 1. The minimum atomic E-state index is -3.48. The Morgan fingerprint density at radius 1 is 1.14 bits per heavy atom. The summed E-state index contributed by atoms with van der Waals surface area (Å²) in [6.07, 6.45) is 4.79. The van der Waals surface area contributed by atoms with Gasteiger partial charge in [-0.2, -0.15) is 4.31 Å². The van der Waals surface area contributed by atoms with E-state index in [1.165, 1.54) is 40.7 Å². The Hall–Kier alpha value is -2.64. The van der Waals surface area contributed by atoms with Crippen molar-refractivity contribution >= 4 is 21.9 Å². The smallest absolute Gasteiger partial charge is 0.243 e. The molecule has 3 rings (SSSR count). The van der Waals surface area contributed by atoms with E-state index in [0.29, 0.717) is 36.6 Å². The molecule has 6 nitrogen and oxygen atoms in total. The summed E-state index contributed by atoms with van der Waals surface area (Å²) in [5.41, 5.74) is 1.11. The van der Waals surface area contributed by atoms with Crippen LogP contribution in [0.3, 0.4) is 0 Å². The van der Waals surface area contributed by atoms with Gasteiger partial charge in [0, 0.05) is 18.7 Å². The molecule has 1 aliphatic rings. The van der Waals surface area contributed by atoms with Crippen LogP contribution in [0.4, 0.5) is 0 Å². The minimum Gasteiger partial charge on any atom is -0.504 e. The zero-order valence-electron chi connectivity index (χ0n) is 15.7. The van der Waals surface area contributed by atoms with Gasteiger partial charge in [0.1, 0.15) is 0 Å². The Kier molecular flexibility index (Phi) is 6.16. The fraction of sp³-hybridized carbons (Fsp3) is 0.286. The summed E-state index contributed by atoms with van der Waals surface area (Å²) < 4.78 is 31.9. The summed E-state index contributed by atoms with van der Waals surface area (Å²) in [7, 11) is -3.48. The standard InChI is InChI=1S/C21H23NO5S/c1-2-27-21-15-16(6-12-20(21)24)5-11-19(23)17-7-9-18(10-8-17)28(25,26)22-13-3-4-14-22/h5-12,15,24H,2-4,13-14H2,1H3. The number of benzene rings is 2. The maximum absolute atomic E-state index is 12.5. The van der Waals surface area contributed by atoms with Crippen LogP contribution in [0.1, 0.15) is 35.7 Å². The number of hydrogen-bond donors (Lipinski definition) is 1. The number of sulfonamides is 1. The van der Waals surface area contributed by atoms with Crippen LogP contribution in [-0.4, -0.2) is 43.3 Å². The van der Waals surface area contributed by atoms with E-state index in [1.54, 1.807) is 18.2 Å². The molecule has 0 saturated carbocycles. The number of carbonyl (C=O) groups excluding carboxylic acids is 1. The van der Waals surface area contributed by atoms with Crippen molar-refractivity contribution in [3.8, 4) is 11.5 Å². The van der Waals surface area contributed by atoms with Gasteiger partial charge in [-0.3, -0.25) is 4.79 Å². The van der Waals surface area contributed by atoms with Crippen molar-refractivity contribution in [1.82, 2.24) is 4.31 Å². The molecule has 7 heteroatoms. The molecule has 0 aromatic heterocycles. The molecule has 0 aliphatic carbocycles. The zero-order valence-corrected chi connectivity index (χ0v) is 16.5. The molecule has 1 N–H and O–H groups in total. The molecule has 2 aromatic rings. The molecule has 1 heterocycles. The number of ketones is 1. The van der Waals surface area contributed by atoms with Gasteiger partial charge in [0.25, 0.3) is 0 Å². The third-order valence-electron chi connectivity index (χ3n) is 4.55. The molecule has 0 atom stereocenters.